The Morgan fingerprint density at radius 2 is 1.57 bits per heavy atom. The van der Waals surface area contributed by atoms with E-state index in [1.54, 1.807) is 6.07 Å². The van der Waals surface area contributed by atoms with Crippen molar-refractivity contribution in [2.75, 3.05) is 6.61 Å². The smallest absolute Gasteiger partial charge is 0.123 e. The van der Waals surface area contributed by atoms with Crippen molar-refractivity contribution in [1.82, 2.24) is 0 Å². The maximum absolute atomic E-state index is 13.3. The predicted octanol–water partition coefficient (Wildman–Crippen LogP) is 5.70. The molecule has 3 aromatic carbocycles. The molecule has 0 saturated carbocycles. The molecule has 3 aromatic rings. The molecule has 1 nitrogen and oxygen atoms in total. The van der Waals surface area contributed by atoms with Gasteiger partial charge in [-0.15, -0.1) is 0 Å². The van der Waals surface area contributed by atoms with Gasteiger partial charge in [0.05, 0.1) is 6.61 Å². The number of ether oxygens (including phenoxy) is 1. The quantitative estimate of drug-likeness (QED) is 0.431. The average Bonchev–Trinajstić information content (AvgIpc) is 2.51. The number of rotatable bonds is 5. The van der Waals surface area contributed by atoms with Gasteiger partial charge in [-0.2, -0.15) is 0 Å². The summed E-state index contributed by atoms with van der Waals surface area (Å²) in [6.45, 7) is 2.95. The number of halogens is 1. The van der Waals surface area contributed by atoms with Crippen LogP contribution in [0, 0.1) is 5.82 Å². The number of fused-ring (bicyclic) bond motifs is 3. The molecule has 3 rings (SSSR count). The Morgan fingerprint density at radius 1 is 0.857 bits per heavy atom. The summed E-state index contributed by atoms with van der Waals surface area (Å²) in [6, 6.07) is 15.0. The first-order chi connectivity index (χ1) is 10.3. The van der Waals surface area contributed by atoms with Crippen molar-refractivity contribution in [1.29, 1.82) is 0 Å². The molecule has 2 heteroatoms. The summed E-state index contributed by atoms with van der Waals surface area (Å²) in [5, 5.41) is 4.26. The Kier molecular flexibility index (Phi) is 4.05. The largest absolute Gasteiger partial charge is 0.494 e. The number of hydrogen-bond acceptors (Lipinski definition) is 1. The van der Waals surface area contributed by atoms with E-state index < -0.39 is 0 Å². The molecule has 0 fully saturated rings. The molecule has 0 atom stereocenters. The number of unbranched alkanes of at least 4 members (excludes halogenated alkanes) is 2. The Morgan fingerprint density at radius 3 is 2.33 bits per heavy atom. The van der Waals surface area contributed by atoms with Gasteiger partial charge in [0, 0.05) is 0 Å². The predicted molar refractivity (Wildman–Crippen MR) is 86.4 cm³/mol. The lowest BCUT2D eigenvalue weighted by atomic mass is 10.0. The van der Waals surface area contributed by atoms with E-state index in [0.717, 1.165) is 40.3 Å². The van der Waals surface area contributed by atoms with Crippen LogP contribution < -0.4 is 4.74 Å². The van der Waals surface area contributed by atoms with Crippen LogP contribution in [0.3, 0.4) is 0 Å². The van der Waals surface area contributed by atoms with E-state index in [1.807, 2.05) is 24.3 Å². The molecule has 0 heterocycles. The van der Waals surface area contributed by atoms with Gasteiger partial charge in [-0.3, -0.25) is 0 Å². The Labute approximate surface area is 124 Å². The molecule has 0 aliphatic heterocycles. The van der Waals surface area contributed by atoms with Crippen molar-refractivity contribution in [3.63, 3.8) is 0 Å². The minimum absolute atomic E-state index is 0.197. The fraction of sp³-hybridized carbons (Fsp3) is 0.263. The second-order valence-corrected chi connectivity index (χ2v) is 5.37. The number of hydrogen-bond donors (Lipinski definition) is 0. The van der Waals surface area contributed by atoms with Gasteiger partial charge >= 0.3 is 0 Å². The molecule has 0 aliphatic rings. The molecule has 0 bridgehead atoms. The molecule has 0 N–H and O–H groups in total. The summed E-state index contributed by atoms with van der Waals surface area (Å²) in [5.41, 5.74) is 0. The minimum Gasteiger partial charge on any atom is -0.494 e. The van der Waals surface area contributed by atoms with Crippen LogP contribution in [0.4, 0.5) is 4.39 Å². The summed E-state index contributed by atoms with van der Waals surface area (Å²) in [7, 11) is 0. The van der Waals surface area contributed by atoms with E-state index in [1.165, 1.54) is 18.9 Å². The van der Waals surface area contributed by atoms with Crippen molar-refractivity contribution < 1.29 is 9.13 Å². The molecule has 0 radical (unpaired) electrons. The summed E-state index contributed by atoms with van der Waals surface area (Å²) in [6.07, 6.45) is 3.49. The van der Waals surface area contributed by atoms with Crippen LogP contribution in [0.15, 0.2) is 48.5 Å². The van der Waals surface area contributed by atoms with Crippen molar-refractivity contribution in [3.05, 3.63) is 54.3 Å². The third-order valence-electron chi connectivity index (χ3n) is 3.79. The highest BCUT2D eigenvalue weighted by Crippen LogP contribution is 2.28. The molecule has 0 aromatic heterocycles. The van der Waals surface area contributed by atoms with Crippen LogP contribution >= 0.6 is 0 Å². The zero-order chi connectivity index (χ0) is 14.7. The third kappa shape index (κ3) is 2.99. The monoisotopic (exact) mass is 282 g/mol. The van der Waals surface area contributed by atoms with E-state index in [9.17, 15) is 4.39 Å². The molecule has 21 heavy (non-hydrogen) atoms. The first-order valence-electron chi connectivity index (χ1n) is 7.53. The van der Waals surface area contributed by atoms with Crippen LogP contribution in [0.1, 0.15) is 26.2 Å². The minimum atomic E-state index is -0.197. The van der Waals surface area contributed by atoms with Gasteiger partial charge in [-0.1, -0.05) is 44.0 Å². The highest BCUT2D eigenvalue weighted by Gasteiger charge is 2.03. The highest BCUT2D eigenvalue weighted by atomic mass is 19.1. The van der Waals surface area contributed by atoms with Gasteiger partial charge in [0.2, 0.25) is 0 Å². The van der Waals surface area contributed by atoms with Crippen LogP contribution in [0.25, 0.3) is 21.5 Å². The van der Waals surface area contributed by atoms with E-state index >= 15 is 0 Å². The van der Waals surface area contributed by atoms with Crippen molar-refractivity contribution in [2.45, 2.75) is 26.2 Å². The maximum Gasteiger partial charge on any atom is 0.123 e. The van der Waals surface area contributed by atoms with E-state index in [4.69, 9.17) is 4.74 Å². The first kappa shape index (κ1) is 13.9. The zero-order valence-corrected chi connectivity index (χ0v) is 12.2. The lowest BCUT2D eigenvalue weighted by Gasteiger charge is -2.09. The fourth-order valence-corrected chi connectivity index (χ4v) is 2.65. The SMILES string of the molecule is CCCCCOc1ccc2c(ccc3cc(F)ccc32)c1. The number of benzene rings is 3. The van der Waals surface area contributed by atoms with Gasteiger partial charge in [0.25, 0.3) is 0 Å². The topological polar surface area (TPSA) is 9.23 Å². The standard InChI is InChI=1S/C19H19FO/c1-2-3-4-11-21-17-8-10-19-15(13-17)6-5-14-12-16(20)7-9-18(14)19/h5-10,12-13H,2-4,11H2,1H3. The third-order valence-corrected chi connectivity index (χ3v) is 3.79. The summed E-state index contributed by atoms with van der Waals surface area (Å²) in [5.74, 6) is 0.706. The van der Waals surface area contributed by atoms with Crippen LogP contribution in [-0.4, -0.2) is 6.61 Å². The van der Waals surface area contributed by atoms with Crippen molar-refractivity contribution >= 4 is 21.5 Å². The van der Waals surface area contributed by atoms with Gasteiger partial charge in [0.1, 0.15) is 11.6 Å². The molecule has 0 spiro atoms. The molecular weight excluding hydrogens is 263 g/mol. The molecule has 0 amide bonds. The Hall–Kier alpha value is -2.09. The highest BCUT2D eigenvalue weighted by molar-refractivity contribution is 6.07. The maximum atomic E-state index is 13.3. The van der Waals surface area contributed by atoms with Crippen LogP contribution in [0.5, 0.6) is 5.75 Å². The molecule has 0 unspecified atom stereocenters. The fourth-order valence-electron chi connectivity index (χ4n) is 2.65. The van der Waals surface area contributed by atoms with Gasteiger partial charge in [-0.25, -0.2) is 4.39 Å². The second kappa shape index (κ2) is 6.13. The summed E-state index contributed by atoms with van der Waals surface area (Å²) < 4.78 is 19.1. The van der Waals surface area contributed by atoms with Crippen molar-refractivity contribution in [3.8, 4) is 5.75 Å². The lowest BCUT2D eigenvalue weighted by Crippen LogP contribution is -1.96. The van der Waals surface area contributed by atoms with E-state index in [0.29, 0.717) is 0 Å². The lowest BCUT2D eigenvalue weighted by molar-refractivity contribution is 0.306. The Balaban J connectivity index is 1.92. The molecule has 0 saturated heterocycles. The molecular formula is C19H19FO. The summed E-state index contributed by atoms with van der Waals surface area (Å²) in [4.78, 5) is 0. The molecule has 0 aliphatic carbocycles. The normalized spacial score (nSPS) is 11.1. The summed E-state index contributed by atoms with van der Waals surface area (Å²) >= 11 is 0. The van der Waals surface area contributed by atoms with Gasteiger partial charge in [0.15, 0.2) is 0 Å². The van der Waals surface area contributed by atoms with Gasteiger partial charge < -0.3 is 4.74 Å². The van der Waals surface area contributed by atoms with E-state index in [-0.39, 0.29) is 5.82 Å². The average molecular weight is 282 g/mol. The van der Waals surface area contributed by atoms with Crippen LogP contribution in [-0.2, 0) is 0 Å². The molecule has 108 valence electrons. The first-order valence-corrected chi connectivity index (χ1v) is 7.53. The zero-order valence-electron chi connectivity index (χ0n) is 12.2. The van der Waals surface area contributed by atoms with Crippen LogP contribution in [0.2, 0.25) is 0 Å². The second-order valence-electron chi connectivity index (χ2n) is 5.37. The Bertz CT molecular complexity index is 764. The van der Waals surface area contributed by atoms with Crippen molar-refractivity contribution in [2.24, 2.45) is 0 Å². The van der Waals surface area contributed by atoms with Gasteiger partial charge in [-0.05, 0) is 52.2 Å². The van der Waals surface area contributed by atoms with E-state index in [2.05, 4.69) is 19.1 Å².